The van der Waals surface area contributed by atoms with Crippen molar-refractivity contribution in [3.05, 3.63) is 89.6 Å². The van der Waals surface area contributed by atoms with E-state index >= 15 is 0 Å². The summed E-state index contributed by atoms with van der Waals surface area (Å²) in [6.45, 7) is 2.11. The zero-order valence-corrected chi connectivity index (χ0v) is 17.3. The lowest BCUT2D eigenvalue weighted by Crippen LogP contribution is -2.42. The van der Waals surface area contributed by atoms with Crippen molar-refractivity contribution >= 4 is 11.7 Å². The van der Waals surface area contributed by atoms with Gasteiger partial charge in [0.05, 0.1) is 11.7 Å². The molecule has 2 aromatic heterocycles. The molecule has 2 N–H and O–H groups in total. The molecule has 1 unspecified atom stereocenters. The summed E-state index contributed by atoms with van der Waals surface area (Å²) in [5, 5.41) is 6.44. The van der Waals surface area contributed by atoms with Crippen LogP contribution in [0.3, 0.4) is 0 Å². The highest BCUT2D eigenvalue weighted by Gasteiger charge is 2.25. The Morgan fingerprint density at radius 2 is 2.03 bits per heavy atom. The van der Waals surface area contributed by atoms with Gasteiger partial charge in [0, 0.05) is 38.2 Å². The van der Waals surface area contributed by atoms with E-state index in [1.54, 1.807) is 30.7 Å². The van der Waals surface area contributed by atoms with Crippen molar-refractivity contribution in [2.75, 3.05) is 18.0 Å². The number of amides is 1. The molecular formula is C24H26FN5O. The third-order valence-electron chi connectivity index (χ3n) is 5.42. The van der Waals surface area contributed by atoms with Crippen LogP contribution in [-0.4, -0.2) is 35.1 Å². The molecule has 6 nitrogen and oxygen atoms in total. The maximum absolute atomic E-state index is 13.3. The van der Waals surface area contributed by atoms with Crippen molar-refractivity contribution in [1.29, 1.82) is 0 Å². The average Bonchev–Trinajstić information content (AvgIpc) is 3.27. The Labute approximate surface area is 181 Å². The summed E-state index contributed by atoms with van der Waals surface area (Å²) >= 11 is 0. The second-order valence-electron chi connectivity index (χ2n) is 7.63. The van der Waals surface area contributed by atoms with E-state index < -0.39 is 0 Å². The largest absolute Gasteiger partial charge is 0.348 e. The summed E-state index contributed by atoms with van der Waals surface area (Å²) in [5.41, 5.74) is 2.46. The molecule has 4 rings (SSSR count). The molecule has 1 aromatic carbocycles. The number of carbonyl (C=O) groups excluding carboxylic acids is 1. The predicted molar refractivity (Wildman–Crippen MR) is 118 cm³/mol. The highest BCUT2D eigenvalue weighted by atomic mass is 19.1. The Morgan fingerprint density at radius 3 is 2.81 bits per heavy atom. The molecular weight excluding hydrogens is 393 g/mol. The first-order valence-corrected chi connectivity index (χ1v) is 10.6. The van der Waals surface area contributed by atoms with E-state index in [1.165, 1.54) is 6.07 Å². The Morgan fingerprint density at radius 1 is 1.13 bits per heavy atom. The number of anilines is 1. The fraction of sp³-hybridized carbons (Fsp3) is 0.292. The van der Waals surface area contributed by atoms with Crippen LogP contribution < -0.4 is 15.5 Å². The van der Waals surface area contributed by atoms with E-state index in [1.807, 2.05) is 30.3 Å². The quantitative estimate of drug-likeness (QED) is 0.586. The van der Waals surface area contributed by atoms with Gasteiger partial charge in [-0.15, -0.1) is 0 Å². The molecule has 0 radical (unpaired) electrons. The van der Waals surface area contributed by atoms with Gasteiger partial charge in [0.1, 0.15) is 11.6 Å². The van der Waals surface area contributed by atoms with Crippen molar-refractivity contribution in [2.24, 2.45) is 0 Å². The Kier molecular flexibility index (Phi) is 6.84. The number of carbonyl (C=O) groups is 1. The molecule has 0 aliphatic carbocycles. The maximum atomic E-state index is 13.3. The van der Waals surface area contributed by atoms with Gasteiger partial charge in [0.15, 0.2) is 0 Å². The van der Waals surface area contributed by atoms with Crippen LogP contribution in [0.2, 0.25) is 0 Å². The van der Waals surface area contributed by atoms with Crippen LogP contribution in [0.15, 0.2) is 67.1 Å². The molecule has 160 valence electrons. The molecule has 1 atom stereocenters. The number of nitrogens with zero attached hydrogens (tertiary/aromatic N) is 3. The van der Waals surface area contributed by atoms with Crippen LogP contribution >= 0.6 is 0 Å². The van der Waals surface area contributed by atoms with Crippen molar-refractivity contribution in [3.8, 4) is 0 Å². The zero-order valence-electron chi connectivity index (χ0n) is 17.3. The normalized spacial score (nSPS) is 15.8. The number of hydrogen-bond donors (Lipinski definition) is 2. The third-order valence-corrected chi connectivity index (χ3v) is 5.42. The van der Waals surface area contributed by atoms with E-state index in [0.29, 0.717) is 12.1 Å². The summed E-state index contributed by atoms with van der Waals surface area (Å²) in [6, 6.07) is 14.2. The van der Waals surface area contributed by atoms with Crippen molar-refractivity contribution in [3.63, 3.8) is 0 Å². The highest BCUT2D eigenvalue weighted by molar-refractivity contribution is 5.94. The van der Waals surface area contributed by atoms with Crippen molar-refractivity contribution in [1.82, 2.24) is 20.6 Å². The fourth-order valence-corrected chi connectivity index (χ4v) is 3.81. The first-order valence-electron chi connectivity index (χ1n) is 10.6. The number of aromatic nitrogens is 2. The summed E-state index contributed by atoms with van der Waals surface area (Å²) in [5.74, 6) is 0.493. The lowest BCUT2D eigenvalue weighted by molar-refractivity contribution is 0.0950. The Bertz CT molecular complexity index is 996. The molecule has 1 aliphatic heterocycles. The van der Waals surface area contributed by atoms with Gasteiger partial charge in [-0.2, -0.15) is 0 Å². The minimum absolute atomic E-state index is 0.158. The van der Waals surface area contributed by atoms with Gasteiger partial charge >= 0.3 is 0 Å². The lowest BCUT2D eigenvalue weighted by atomic mass is 10.1. The maximum Gasteiger partial charge on any atom is 0.253 e. The fourth-order valence-electron chi connectivity index (χ4n) is 3.81. The van der Waals surface area contributed by atoms with Crippen molar-refractivity contribution in [2.45, 2.75) is 32.0 Å². The topological polar surface area (TPSA) is 70.2 Å². The van der Waals surface area contributed by atoms with Gasteiger partial charge in [-0.1, -0.05) is 18.2 Å². The second-order valence-corrected chi connectivity index (χ2v) is 7.63. The molecule has 0 spiro atoms. The minimum atomic E-state index is -0.200. The standard InChI is InChI=1S/C24H26FN5O/c25-21-6-1-4-18(14-21)10-12-27-22-7-3-13-30(22)23-9-8-20(17-28-23)24(31)29-16-19-5-2-11-26-15-19/h1-2,4-6,8-9,11,14-15,17,22,27H,3,7,10,12-13,16H2,(H,29,31). The average molecular weight is 420 g/mol. The van der Waals surface area contributed by atoms with Gasteiger partial charge in [0.25, 0.3) is 5.91 Å². The minimum Gasteiger partial charge on any atom is -0.348 e. The van der Waals surface area contributed by atoms with Crippen LogP contribution in [0.1, 0.15) is 34.3 Å². The first kappa shape index (κ1) is 20.9. The monoisotopic (exact) mass is 419 g/mol. The van der Waals surface area contributed by atoms with Crippen LogP contribution in [0.5, 0.6) is 0 Å². The summed E-state index contributed by atoms with van der Waals surface area (Å²) in [6.07, 6.45) is 8.12. The molecule has 0 saturated carbocycles. The molecule has 1 fully saturated rings. The molecule has 1 saturated heterocycles. The van der Waals surface area contributed by atoms with Crippen LogP contribution in [0, 0.1) is 5.82 Å². The van der Waals surface area contributed by atoms with E-state index in [-0.39, 0.29) is 17.9 Å². The summed E-state index contributed by atoms with van der Waals surface area (Å²) in [4.78, 5) is 23.2. The summed E-state index contributed by atoms with van der Waals surface area (Å²) in [7, 11) is 0. The number of hydrogen-bond acceptors (Lipinski definition) is 5. The molecule has 7 heteroatoms. The number of rotatable bonds is 8. The summed E-state index contributed by atoms with van der Waals surface area (Å²) < 4.78 is 13.3. The molecule has 0 bridgehead atoms. The molecule has 3 aromatic rings. The predicted octanol–water partition coefficient (Wildman–Crippen LogP) is 3.30. The van der Waals surface area contributed by atoms with E-state index in [9.17, 15) is 9.18 Å². The van der Waals surface area contributed by atoms with Gasteiger partial charge in [-0.05, 0) is 60.7 Å². The van der Waals surface area contributed by atoms with Crippen LogP contribution in [0.25, 0.3) is 0 Å². The highest BCUT2D eigenvalue weighted by Crippen LogP contribution is 2.22. The van der Waals surface area contributed by atoms with Crippen LogP contribution in [0.4, 0.5) is 10.2 Å². The molecule has 3 heterocycles. The number of nitrogens with one attached hydrogen (secondary N) is 2. The zero-order chi connectivity index (χ0) is 21.5. The van der Waals surface area contributed by atoms with Crippen LogP contribution in [-0.2, 0) is 13.0 Å². The molecule has 1 amide bonds. The lowest BCUT2D eigenvalue weighted by Gasteiger charge is -2.26. The molecule has 1 aliphatic rings. The smallest absolute Gasteiger partial charge is 0.253 e. The van der Waals surface area contributed by atoms with Gasteiger partial charge in [-0.3, -0.25) is 15.1 Å². The SMILES string of the molecule is O=C(NCc1cccnc1)c1ccc(N2CCCC2NCCc2cccc(F)c2)nc1. The number of benzene rings is 1. The van der Waals surface area contributed by atoms with Gasteiger partial charge in [0.2, 0.25) is 0 Å². The van der Waals surface area contributed by atoms with Gasteiger partial charge < -0.3 is 10.2 Å². The first-order chi connectivity index (χ1) is 15.2. The number of pyridine rings is 2. The second kappa shape index (κ2) is 10.1. The third kappa shape index (κ3) is 5.64. The Hall–Kier alpha value is -3.32. The van der Waals surface area contributed by atoms with Gasteiger partial charge in [-0.25, -0.2) is 9.37 Å². The van der Waals surface area contributed by atoms with E-state index in [0.717, 1.165) is 49.3 Å². The Balaban J connectivity index is 1.30. The van der Waals surface area contributed by atoms with Crippen molar-refractivity contribution < 1.29 is 9.18 Å². The molecule has 31 heavy (non-hydrogen) atoms. The van der Waals surface area contributed by atoms with E-state index in [4.69, 9.17) is 0 Å². The van der Waals surface area contributed by atoms with E-state index in [2.05, 4.69) is 25.5 Å². The number of halogens is 1.